The van der Waals surface area contributed by atoms with Crippen LogP contribution in [0.4, 0.5) is 13.2 Å². The van der Waals surface area contributed by atoms with Crippen molar-refractivity contribution in [3.63, 3.8) is 0 Å². The lowest BCUT2D eigenvalue weighted by Crippen LogP contribution is -2.47. The summed E-state index contributed by atoms with van der Waals surface area (Å²) in [5, 5.41) is 11.9. The molecule has 21 heavy (non-hydrogen) atoms. The molecule has 0 aromatic heterocycles. The van der Waals surface area contributed by atoms with Gasteiger partial charge in [-0.3, -0.25) is 4.79 Å². The van der Waals surface area contributed by atoms with Crippen LogP contribution < -0.4 is 5.32 Å². The Balaban J connectivity index is 2.31. The number of carbonyl (C=O) groups is 1. The summed E-state index contributed by atoms with van der Waals surface area (Å²) in [6.07, 6.45) is -1.45. The molecule has 0 bridgehead atoms. The molecule has 2 atom stereocenters. The van der Waals surface area contributed by atoms with Crippen molar-refractivity contribution in [1.29, 1.82) is 0 Å². The first-order valence-electron chi connectivity index (χ1n) is 7.40. The monoisotopic (exact) mass is 310 g/mol. The first-order chi connectivity index (χ1) is 9.69. The molecule has 0 saturated carbocycles. The van der Waals surface area contributed by atoms with Gasteiger partial charge in [0.1, 0.15) is 5.54 Å². The molecule has 1 aliphatic rings. The molecule has 2 N–H and O–H groups in total. The van der Waals surface area contributed by atoms with Gasteiger partial charge in [-0.15, -0.1) is 0 Å². The number of unbranched alkanes of at least 4 members (excludes halogenated alkanes) is 1. The van der Waals surface area contributed by atoms with E-state index in [9.17, 15) is 18.0 Å². The van der Waals surface area contributed by atoms with E-state index in [-0.39, 0.29) is 13.0 Å². The van der Waals surface area contributed by atoms with Crippen LogP contribution in [0.5, 0.6) is 0 Å². The van der Waals surface area contributed by atoms with Gasteiger partial charge in [0.2, 0.25) is 0 Å². The predicted molar refractivity (Wildman–Crippen MR) is 74.2 cm³/mol. The van der Waals surface area contributed by atoms with Gasteiger partial charge < -0.3 is 15.3 Å². The number of aliphatic carboxylic acids is 1. The van der Waals surface area contributed by atoms with Crippen LogP contribution in [-0.4, -0.2) is 54.4 Å². The van der Waals surface area contributed by atoms with Crippen LogP contribution in [0.1, 0.15) is 39.0 Å². The number of hydrogen-bond donors (Lipinski definition) is 2. The molecule has 2 unspecified atom stereocenters. The van der Waals surface area contributed by atoms with Crippen molar-refractivity contribution in [2.75, 3.05) is 26.7 Å². The van der Waals surface area contributed by atoms with E-state index < -0.39 is 23.6 Å². The molecule has 0 aromatic carbocycles. The normalized spacial score (nSPS) is 23.8. The topological polar surface area (TPSA) is 52.6 Å². The maximum atomic E-state index is 12.7. The van der Waals surface area contributed by atoms with E-state index in [4.69, 9.17) is 5.11 Å². The van der Waals surface area contributed by atoms with Crippen LogP contribution in [0.15, 0.2) is 0 Å². The summed E-state index contributed by atoms with van der Waals surface area (Å²) < 4.78 is 38.1. The van der Waals surface area contributed by atoms with Crippen molar-refractivity contribution in [2.24, 2.45) is 5.92 Å². The fraction of sp³-hybridized carbons (Fsp3) is 0.929. The first-order valence-corrected chi connectivity index (χ1v) is 7.40. The lowest BCUT2D eigenvalue weighted by atomic mass is 9.94. The van der Waals surface area contributed by atoms with Gasteiger partial charge in [-0.2, -0.15) is 13.2 Å². The maximum absolute atomic E-state index is 12.7. The van der Waals surface area contributed by atoms with E-state index in [0.29, 0.717) is 32.4 Å². The highest BCUT2D eigenvalue weighted by Gasteiger charge is 2.41. The Morgan fingerprint density at radius 3 is 2.57 bits per heavy atom. The Morgan fingerprint density at radius 2 is 2.05 bits per heavy atom. The smallest absolute Gasteiger partial charge is 0.393 e. The van der Waals surface area contributed by atoms with Gasteiger partial charge in [0.05, 0.1) is 5.92 Å². The lowest BCUT2D eigenvalue weighted by Gasteiger charge is -2.34. The summed E-state index contributed by atoms with van der Waals surface area (Å²) in [4.78, 5) is 12.9. The second-order valence-electron chi connectivity index (χ2n) is 6.03. The third kappa shape index (κ3) is 5.47. The van der Waals surface area contributed by atoms with Gasteiger partial charge in [0.15, 0.2) is 0 Å². The summed E-state index contributed by atoms with van der Waals surface area (Å²) in [7, 11) is 1.60. The molecular weight excluding hydrogens is 285 g/mol. The van der Waals surface area contributed by atoms with E-state index >= 15 is 0 Å². The quantitative estimate of drug-likeness (QED) is 0.709. The number of rotatable bonds is 7. The number of nitrogens with zero attached hydrogens (tertiary/aromatic N) is 1. The van der Waals surface area contributed by atoms with E-state index in [2.05, 4.69) is 5.32 Å². The van der Waals surface area contributed by atoms with Gasteiger partial charge in [-0.25, -0.2) is 0 Å². The minimum absolute atomic E-state index is 0.0751. The number of piperidine rings is 1. The molecule has 1 aliphatic heterocycles. The second-order valence-corrected chi connectivity index (χ2v) is 6.03. The molecule has 0 aliphatic carbocycles. The van der Waals surface area contributed by atoms with Crippen molar-refractivity contribution in [3.05, 3.63) is 0 Å². The molecule has 124 valence electrons. The standard InChI is InChI=1S/C14H25F3N2O2/c1-13(18-2,12(20)21)7-3-4-8-19-9-5-6-11(10-19)14(15,16)17/h11,18H,3-10H2,1-2H3,(H,20,21). The zero-order valence-electron chi connectivity index (χ0n) is 12.7. The number of likely N-dealkylation sites (tertiary alicyclic amines) is 1. The van der Waals surface area contributed by atoms with Gasteiger partial charge in [0.25, 0.3) is 0 Å². The average Bonchev–Trinajstić information content (AvgIpc) is 2.42. The van der Waals surface area contributed by atoms with E-state index in [1.54, 1.807) is 14.0 Å². The Bertz CT molecular complexity index is 350. The van der Waals surface area contributed by atoms with Crippen LogP contribution in [0.25, 0.3) is 0 Å². The molecule has 7 heteroatoms. The zero-order chi connectivity index (χ0) is 16.1. The molecular formula is C14H25F3N2O2. The summed E-state index contributed by atoms with van der Waals surface area (Å²) in [6, 6.07) is 0. The molecule has 0 spiro atoms. The van der Waals surface area contributed by atoms with Gasteiger partial charge in [-0.1, -0.05) is 0 Å². The fourth-order valence-corrected chi connectivity index (χ4v) is 2.68. The van der Waals surface area contributed by atoms with Gasteiger partial charge in [0, 0.05) is 6.54 Å². The number of carboxylic acid groups (broad SMARTS) is 1. The molecule has 1 rings (SSSR count). The maximum Gasteiger partial charge on any atom is 0.393 e. The first kappa shape index (κ1) is 18.2. The number of alkyl halides is 3. The van der Waals surface area contributed by atoms with Crippen LogP contribution in [0, 0.1) is 5.92 Å². The van der Waals surface area contributed by atoms with Gasteiger partial charge >= 0.3 is 12.1 Å². The molecule has 4 nitrogen and oxygen atoms in total. The van der Waals surface area contributed by atoms with Gasteiger partial charge in [-0.05, 0) is 59.2 Å². The van der Waals surface area contributed by atoms with E-state index in [0.717, 1.165) is 6.42 Å². The number of hydrogen-bond acceptors (Lipinski definition) is 3. The molecule has 0 amide bonds. The Kier molecular flexibility index (Phi) is 6.46. The molecule has 1 fully saturated rings. The summed E-state index contributed by atoms with van der Waals surface area (Å²) in [5.41, 5.74) is -0.962. The Hall–Kier alpha value is -0.820. The van der Waals surface area contributed by atoms with E-state index in [1.165, 1.54) is 0 Å². The molecule has 0 aromatic rings. The predicted octanol–water partition coefficient (Wildman–Crippen LogP) is 2.49. The lowest BCUT2D eigenvalue weighted by molar-refractivity contribution is -0.186. The third-order valence-electron chi connectivity index (χ3n) is 4.39. The highest BCUT2D eigenvalue weighted by Crippen LogP contribution is 2.33. The summed E-state index contributed by atoms with van der Waals surface area (Å²) in [5.74, 6) is -2.12. The van der Waals surface area contributed by atoms with Crippen LogP contribution >= 0.6 is 0 Å². The zero-order valence-corrected chi connectivity index (χ0v) is 12.7. The number of halogens is 3. The summed E-state index contributed by atoms with van der Waals surface area (Å²) in [6.45, 7) is 3.00. The SMILES string of the molecule is CNC(C)(CCCCN1CCCC(C(F)(F)F)C1)C(=O)O. The highest BCUT2D eigenvalue weighted by atomic mass is 19.4. The third-order valence-corrected chi connectivity index (χ3v) is 4.39. The highest BCUT2D eigenvalue weighted by molar-refractivity contribution is 5.78. The Labute approximate surface area is 123 Å². The van der Waals surface area contributed by atoms with Crippen molar-refractivity contribution >= 4 is 5.97 Å². The summed E-state index contributed by atoms with van der Waals surface area (Å²) >= 11 is 0. The Morgan fingerprint density at radius 1 is 1.38 bits per heavy atom. The fourth-order valence-electron chi connectivity index (χ4n) is 2.68. The van der Waals surface area contributed by atoms with Crippen molar-refractivity contribution < 1.29 is 23.1 Å². The van der Waals surface area contributed by atoms with Crippen LogP contribution in [0.2, 0.25) is 0 Å². The van der Waals surface area contributed by atoms with Crippen LogP contribution in [0.3, 0.4) is 0 Å². The number of likely N-dealkylation sites (N-methyl/N-ethyl adjacent to an activating group) is 1. The molecule has 0 radical (unpaired) electrons. The van der Waals surface area contributed by atoms with E-state index in [1.807, 2.05) is 4.90 Å². The van der Waals surface area contributed by atoms with Crippen molar-refractivity contribution in [2.45, 2.75) is 50.7 Å². The van der Waals surface area contributed by atoms with Crippen LogP contribution in [-0.2, 0) is 4.79 Å². The van der Waals surface area contributed by atoms with Crippen molar-refractivity contribution in [1.82, 2.24) is 10.2 Å². The molecule has 1 heterocycles. The van der Waals surface area contributed by atoms with Crippen molar-refractivity contribution in [3.8, 4) is 0 Å². The largest absolute Gasteiger partial charge is 0.480 e. The average molecular weight is 310 g/mol. The molecule has 1 saturated heterocycles. The number of nitrogens with one attached hydrogen (secondary N) is 1. The second kappa shape index (κ2) is 7.45. The minimum Gasteiger partial charge on any atom is -0.480 e. The minimum atomic E-state index is -4.10. The number of carboxylic acids is 1.